The first-order chi connectivity index (χ1) is 15.8. The lowest BCUT2D eigenvalue weighted by atomic mass is 9.77. The van der Waals surface area contributed by atoms with E-state index in [0.717, 1.165) is 16.7 Å². The summed E-state index contributed by atoms with van der Waals surface area (Å²) in [4.78, 5) is 52.2. The highest BCUT2D eigenvalue weighted by Crippen LogP contribution is 2.56. The first kappa shape index (κ1) is 21.1. The Morgan fingerprint density at radius 3 is 2.67 bits per heavy atom. The minimum Gasteiger partial charge on any atom is -0.490 e. The van der Waals surface area contributed by atoms with E-state index in [1.807, 2.05) is 0 Å². The molecule has 5 rings (SSSR count). The van der Waals surface area contributed by atoms with Crippen LogP contribution < -0.4 is 20.1 Å². The number of nitrogens with two attached hydrogens (primary N) is 1. The number of amides is 2. The quantitative estimate of drug-likeness (QED) is 0.395. The Kier molecular flexibility index (Phi) is 4.89. The highest BCUT2D eigenvalue weighted by atomic mass is 32.2. The van der Waals surface area contributed by atoms with Gasteiger partial charge in [-0.3, -0.25) is 9.59 Å². The minimum atomic E-state index is -1.18. The molecule has 0 bridgehead atoms. The van der Waals surface area contributed by atoms with Gasteiger partial charge in [0.2, 0.25) is 11.8 Å². The standard InChI is InChI=1S/C23H18N2O7S/c1-2-31-13-8-4-7-12-14-15-18(33-19(24)16(14)23(30)32-17(12)13)21(27)25(20(15)26)11-6-3-5-10(9-11)22(28)29/h3-9,14-15,18H,2,24H2,1H3,(H,28,29). The van der Waals surface area contributed by atoms with Gasteiger partial charge in [-0.25, -0.2) is 14.5 Å². The Morgan fingerprint density at radius 2 is 1.94 bits per heavy atom. The largest absolute Gasteiger partial charge is 0.490 e. The molecule has 3 aliphatic heterocycles. The van der Waals surface area contributed by atoms with Crippen LogP contribution in [-0.4, -0.2) is 40.7 Å². The second-order valence-electron chi connectivity index (χ2n) is 7.68. The van der Waals surface area contributed by atoms with E-state index in [4.69, 9.17) is 15.2 Å². The van der Waals surface area contributed by atoms with Gasteiger partial charge < -0.3 is 20.3 Å². The molecule has 0 saturated carbocycles. The van der Waals surface area contributed by atoms with Gasteiger partial charge in [0.1, 0.15) is 5.25 Å². The van der Waals surface area contributed by atoms with Gasteiger partial charge in [-0.05, 0) is 31.2 Å². The summed E-state index contributed by atoms with van der Waals surface area (Å²) in [6, 6.07) is 10.7. The predicted molar refractivity (Wildman–Crippen MR) is 118 cm³/mol. The summed E-state index contributed by atoms with van der Waals surface area (Å²) in [5.74, 6) is -4.04. The summed E-state index contributed by atoms with van der Waals surface area (Å²) in [6.07, 6.45) is 0. The van der Waals surface area contributed by atoms with Gasteiger partial charge in [0.15, 0.2) is 11.5 Å². The monoisotopic (exact) mass is 466 g/mol. The van der Waals surface area contributed by atoms with Crippen LogP contribution in [0.1, 0.15) is 28.8 Å². The molecule has 2 amide bonds. The van der Waals surface area contributed by atoms with E-state index in [-0.39, 0.29) is 27.6 Å². The van der Waals surface area contributed by atoms with Crippen molar-refractivity contribution < 1.29 is 33.8 Å². The van der Waals surface area contributed by atoms with E-state index in [1.165, 1.54) is 24.3 Å². The number of ether oxygens (including phenoxy) is 2. The normalized spacial score (nSPS) is 23.6. The molecule has 10 heteroatoms. The van der Waals surface area contributed by atoms with Crippen molar-refractivity contribution >= 4 is 41.2 Å². The Labute approximate surface area is 192 Å². The molecule has 3 N–H and O–H groups in total. The molecule has 0 spiro atoms. The van der Waals surface area contributed by atoms with Crippen molar-refractivity contribution in [1.29, 1.82) is 0 Å². The van der Waals surface area contributed by atoms with Crippen LogP contribution in [0.5, 0.6) is 11.5 Å². The van der Waals surface area contributed by atoms with Crippen LogP contribution in [-0.2, 0) is 14.4 Å². The number of esters is 1. The van der Waals surface area contributed by atoms with Gasteiger partial charge in [-0.2, -0.15) is 0 Å². The number of nitrogens with zero attached hydrogens (tertiary/aromatic N) is 1. The second-order valence-corrected chi connectivity index (χ2v) is 8.87. The zero-order valence-corrected chi connectivity index (χ0v) is 18.1. The van der Waals surface area contributed by atoms with Crippen LogP contribution in [0.2, 0.25) is 0 Å². The summed E-state index contributed by atoms with van der Waals surface area (Å²) < 4.78 is 11.1. The van der Waals surface area contributed by atoms with E-state index >= 15 is 0 Å². The van der Waals surface area contributed by atoms with Crippen LogP contribution in [0.3, 0.4) is 0 Å². The van der Waals surface area contributed by atoms with Gasteiger partial charge >= 0.3 is 11.9 Å². The zero-order valence-electron chi connectivity index (χ0n) is 17.3. The molecule has 1 fully saturated rings. The van der Waals surface area contributed by atoms with Gasteiger partial charge in [0, 0.05) is 11.5 Å². The Bertz CT molecular complexity index is 1270. The van der Waals surface area contributed by atoms with Crippen molar-refractivity contribution in [2.45, 2.75) is 18.1 Å². The molecule has 33 heavy (non-hydrogen) atoms. The van der Waals surface area contributed by atoms with Crippen molar-refractivity contribution in [3.8, 4) is 11.5 Å². The van der Waals surface area contributed by atoms with E-state index < -0.39 is 40.8 Å². The predicted octanol–water partition coefficient (Wildman–Crippen LogP) is 2.26. The smallest absolute Gasteiger partial charge is 0.342 e. The summed E-state index contributed by atoms with van der Waals surface area (Å²) in [5, 5.41) is 8.57. The number of hydrogen-bond acceptors (Lipinski definition) is 8. The highest BCUT2D eigenvalue weighted by molar-refractivity contribution is 8.04. The van der Waals surface area contributed by atoms with Crippen molar-refractivity contribution in [3.63, 3.8) is 0 Å². The highest BCUT2D eigenvalue weighted by Gasteiger charge is 2.59. The minimum absolute atomic E-state index is 0.0538. The third-order valence-electron chi connectivity index (χ3n) is 5.90. The maximum atomic E-state index is 13.6. The van der Waals surface area contributed by atoms with Gasteiger partial charge in [-0.15, -0.1) is 0 Å². The molecule has 3 unspecified atom stereocenters. The van der Waals surface area contributed by atoms with E-state index in [9.17, 15) is 24.3 Å². The molecular formula is C23H18N2O7S. The van der Waals surface area contributed by atoms with E-state index in [2.05, 4.69) is 0 Å². The average molecular weight is 466 g/mol. The lowest BCUT2D eigenvalue weighted by Crippen LogP contribution is -2.39. The molecule has 168 valence electrons. The first-order valence-corrected chi connectivity index (χ1v) is 11.1. The number of carboxylic acids is 1. The topological polar surface area (TPSA) is 136 Å². The summed E-state index contributed by atoms with van der Waals surface area (Å²) in [5.41, 5.74) is 6.98. The molecule has 2 aromatic rings. The van der Waals surface area contributed by atoms with Crippen LogP contribution in [0, 0.1) is 5.92 Å². The lowest BCUT2D eigenvalue weighted by molar-refractivity contribution is -0.132. The average Bonchev–Trinajstić information content (AvgIpc) is 3.04. The molecule has 3 atom stereocenters. The number of rotatable bonds is 4. The van der Waals surface area contributed by atoms with E-state index in [0.29, 0.717) is 17.9 Å². The number of hydrogen-bond donors (Lipinski definition) is 2. The van der Waals surface area contributed by atoms with Crippen LogP contribution in [0.15, 0.2) is 53.1 Å². The van der Waals surface area contributed by atoms with Gasteiger partial charge in [0.05, 0.1) is 34.4 Å². The number of thioether (sulfide) groups is 1. The maximum absolute atomic E-state index is 13.6. The summed E-state index contributed by atoms with van der Waals surface area (Å²) >= 11 is 0.953. The number of carbonyl (C=O) groups excluding carboxylic acids is 3. The number of aromatic carboxylic acids is 1. The summed E-state index contributed by atoms with van der Waals surface area (Å²) in [7, 11) is 0. The first-order valence-electron chi connectivity index (χ1n) is 10.2. The molecule has 0 aliphatic carbocycles. The number of carboxylic acid groups (broad SMARTS) is 1. The number of para-hydroxylation sites is 1. The lowest BCUT2D eigenvalue weighted by Gasteiger charge is -2.36. The Balaban J connectivity index is 1.64. The van der Waals surface area contributed by atoms with Crippen molar-refractivity contribution in [2.75, 3.05) is 11.5 Å². The zero-order chi connectivity index (χ0) is 23.4. The maximum Gasteiger partial charge on any atom is 0.342 e. The molecule has 3 aliphatic rings. The number of carbonyl (C=O) groups is 4. The number of benzene rings is 2. The fourth-order valence-electron chi connectivity index (χ4n) is 4.55. The molecule has 2 aromatic carbocycles. The third kappa shape index (κ3) is 3.09. The number of imide groups is 1. The number of fused-ring (bicyclic) bond motifs is 5. The molecule has 0 radical (unpaired) electrons. The van der Waals surface area contributed by atoms with E-state index in [1.54, 1.807) is 25.1 Å². The van der Waals surface area contributed by atoms with Crippen LogP contribution in [0.25, 0.3) is 0 Å². The molecule has 0 aromatic heterocycles. The van der Waals surface area contributed by atoms with Crippen molar-refractivity contribution in [3.05, 3.63) is 64.2 Å². The van der Waals surface area contributed by atoms with Crippen molar-refractivity contribution in [2.24, 2.45) is 11.7 Å². The van der Waals surface area contributed by atoms with Crippen LogP contribution in [0.4, 0.5) is 5.69 Å². The fraction of sp³-hybridized carbons (Fsp3) is 0.217. The fourth-order valence-corrected chi connectivity index (χ4v) is 5.79. The van der Waals surface area contributed by atoms with Gasteiger partial charge in [-0.1, -0.05) is 30.0 Å². The Morgan fingerprint density at radius 1 is 1.18 bits per heavy atom. The van der Waals surface area contributed by atoms with Gasteiger partial charge in [0.25, 0.3) is 0 Å². The summed E-state index contributed by atoms with van der Waals surface area (Å²) in [6.45, 7) is 2.14. The third-order valence-corrected chi connectivity index (χ3v) is 7.12. The molecular weight excluding hydrogens is 448 g/mol. The molecule has 3 heterocycles. The molecule has 1 saturated heterocycles. The second kappa shape index (κ2) is 7.66. The SMILES string of the molecule is CCOc1cccc2c1OC(=O)C1=C(N)SC3C(=O)N(c4cccc(C(=O)O)c4)C(=O)C3C12. The van der Waals surface area contributed by atoms with Crippen LogP contribution >= 0.6 is 11.8 Å². The number of anilines is 1. The van der Waals surface area contributed by atoms with Crippen molar-refractivity contribution in [1.82, 2.24) is 0 Å². The molecule has 9 nitrogen and oxygen atoms in total. The Hall–Kier alpha value is -3.79.